The second-order valence-corrected chi connectivity index (χ2v) is 5.75. The summed E-state index contributed by atoms with van der Waals surface area (Å²) in [7, 11) is 0. The second kappa shape index (κ2) is 5.38. The van der Waals surface area contributed by atoms with Gasteiger partial charge in [-0.25, -0.2) is 0 Å². The first-order valence-corrected chi connectivity index (χ1v) is 7.60. The number of hydrogen-bond donors (Lipinski definition) is 1. The van der Waals surface area contributed by atoms with E-state index in [1.54, 1.807) is 0 Å². The molecule has 1 saturated carbocycles. The molecule has 0 atom stereocenters. The van der Waals surface area contributed by atoms with E-state index < -0.39 is 0 Å². The third-order valence-electron chi connectivity index (χ3n) is 4.49. The van der Waals surface area contributed by atoms with Crippen LogP contribution in [0.3, 0.4) is 0 Å². The fourth-order valence-electron chi connectivity index (χ4n) is 3.39. The molecule has 2 heteroatoms. The van der Waals surface area contributed by atoms with Gasteiger partial charge >= 0.3 is 0 Å². The maximum Gasteiger partial charge on any atom is 0.0485 e. The van der Waals surface area contributed by atoms with Crippen LogP contribution >= 0.6 is 0 Å². The lowest BCUT2D eigenvalue weighted by Crippen LogP contribution is -2.26. The van der Waals surface area contributed by atoms with E-state index in [-0.39, 0.29) is 0 Å². The van der Waals surface area contributed by atoms with Gasteiger partial charge < -0.3 is 9.88 Å². The summed E-state index contributed by atoms with van der Waals surface area (Å²) < 4.78 is 2.45. The van der Waals surface area contributed by atoms with Gasteiger partial charge in [-0.05, 0) is 44.4 Å². The zero-order chi connectivity index (χ0) is 13.2. The van der Waals surface area contributed by atoms with Crippen molar-refractivity contribution in [3.05, 3.63) is 35.5 Å². The van der Waals surface area contributed by atoms with Gasteiger partial charge in [0.25, 0.3) is 0 Å². The molecule has 0 unspecified atom stereocenters. The number of nitrogens with zero attached hydrogens (tertiary/aromatic N) is 1. The van der Waals surface area contributed by atoms with E-state index in [1.807, 2.05) is 0 Å². The molecular weight excluding hydrogens is 232 g/mol. The van der Waals surface area contributed by atoms with Crippen molar-refractivity contribution in [2.24, 2.45) is 0 Å². The van der Waals surface area contributed by atoms with Crippen molar-refractivity contribution in [2.45, 2.75) is 58.7 Å². The molecule has 0 radical (unpaired) electrons. The van der Waals surface area contributed by atoms with E-state index in [2.05, 4.69) is 48.0 Å². The summed E-state index contributed by atoms with van der Waals surface area (Å²) in [6, 6.07) is 9.72. The Bertz CT molecular complexity index is 562. The van der Waals surface area contributed by atoms with Crippen molar-refractivity contribution in [2.75, 3.05) is 0 Å². The van der Waals surface area contributed by atoms with Crippen LogP contribution in [0.25, 0.3) is 10.9 Å². The molecule has 2 aromatic rings. The van der Waals surface area contributed by atoms with Crippen LogP contribution in [-0.2, 0) is 13.1 Å². The van der Waals surface area contributed by atoms with E-state index in [4.69, 9.17) is 0 Å². The maximum atomic E-state index is 3.73. The van der Waals surface area contributed by atoms with E-state index in [0.717, 1.165) is 19.1 Å². The van der Waals surface area contributed by atoms with Crippen molar-refractivity contribution in [3.63, 3.8) is 0 Å². The first-order valence-electron chi connectivity index (χ1n) is 7.60. The van der Waals surface area contributed by atoms with Crippen LogP contribution < -0.4 is 5.32 Å². The molecular formula is C17H24N2. The molecule has 1 aromatic carbocycles. The summed E-state index contributed by atoms with van der Waals surface area (Å²) in [5.41, 5.74) is 4.19. The van der Waals surface area contributed by atoms with Crippen molar-refractivity contribution >= 4 is 10.9 Å². The van der Waals surface area contributed by atoms with Gasteiger partial charge in [-0.3, -0.25) is 0 Å². The number of benzene rings is 1. The van der Waals surface area contributed by atoms with Crippen LogP contribution in [-0.4, -0.2) is 10.6 Å². The normalized spacial score (nSPS) is 16.5. The van der Waals surface area contributed by atoms with Crippen molar-refractivity contribution < 1.29 is 0 Å². The molecule has 1 N–H and O–H groups in total. The van der Waals surface area contributed by atoms with E-state index in [0.29, 0.717) is 0 Å². The van der Waals surface area contributed by atoms with Gasteiger partial charge in [-0.2, -0.15) is 0 Å². The third-order valence-corrected chi connectivity index (χ3v) is 4.49. The quantitative estimate of drug-likeness (QED) is 0.875. The molecule has 19 heavy (non-hydrogen) atoms. The molecule has 1 heterocycles. The number of fused-ring (bicyclic) bond motifs is 1. The van der Waals surface area contributed by atoms with Crippen LogP contribution in [0.4, 0.5) is 0 Å². The zero-order valence-corrected chi connectivity index (χ0v) is 12.1. The van der Waals surface area contributed by atoms with E-state index in [1.165, 1.54) is 47.8 Å². The summed E-state index contributed by atoms with van der Waals surface area (Å²) in [4.78, 5) is 0. The third kappa shape index (κ3) is 2.42. The largest absolute Gasteiger partial charge is 0.344 e. The Morgan fingerprint density at radius 1 is 1.26 bits per heavy atom. The fraction of sp³-hybridized carbons (Fsp3) is 0.529. The molecule has 3 rings (SSSR count). The van der Waals surface area contributed by atoms with Gasteiger partial charge in [0.1, 0.15) is 0 Å². The summed E-state index contributed by atoms with van der Waals surface area (Å²) in [5, 5.41) is 5.14. The summed E-state index contributed by atoms with van der Waals surface area (Å²) >= 11 is 0. The van der Waals surface area contributed by atoms with Gasteiger partial charge in [0.2, 0.25) is 0 Å². The molecule has 0 bridgehead atoms. The van der Waals surface area contributed by atoms with Crippen LogP contribution in [0.2, 0.25) is 0 Å². The lowest BCUT2D eigenvalue weighted by molar-refractivity contribution is 0.510. The summed E-state index contributed by atoms with van der Waals surface area (Å²) in [6.45, 7) is 6.50. The highest BCUT2D eigenvalue weighted by Crippen LogP contribution is 2.24. The SMILES string of the molecule is CCn1c(CNC2CCCC2)cc2c(C)cccc21. The minimum Gasteiger partial charge on any atom is -0.344 e. The highest BCUT2D eigenvalue weighted by Gasteiger charge is 2.15. The highest BCUT2D eigenvalue weighted by atomic mass is 15.0. The predicted molar refractivity (Wildman–Crippen MR) is 81.4 cm³/mol. The molecule has 1 aliphatic carbocycles. The second-order valence-electron chi connectivity index (χ2n) is 5.75. The van der Waals surface area contributed by atoms with Gasteiger partial charge in [0.15, 0.2) is 0 Å². The van der Waals surface area contributed by atoms with Crippen molar-refractivity contribution in [1.82, 2.24) is 9.88 Å². The van der Waals surface area contributed by atoms with Crippen LogP contribution in [0, 0.1) is 6.92 Å². The number of hydrogen-bond acceptors (Lipinski definition) is 1. The Hall–Kier alpha value is -1.28. The molecule has 102 valence electrons. The Labute approximate surface area is 115 Å². The highest BCUT2D eigenvalue weighted by molar-refractivity contribution is 5.84. The maximum absolute atomic E-state index is 3.73. The Kier molecular flexibility index (Phi) is 3.61. The fourth-order valence-corrected chi connectivity index (χ4v) is 3.39. The number of rotatable bonds is 4. The van der Waals surface area contributed by atoms with Crippen molar-refractivity contribution in [3.8, 4) is 0 Å². The van der Waals surface area contributed by atoms with Crippen LogP contribution in [0.5, 0.6) is 0 Å². The first kappa shape index (κ1) is 12.7. The minimum absolute atomic E-state index is 0.740. The Morgan fingerprint density at radius 2 is 2.05 bits per heavy atom. The number of nitrogens with one attached hydrogen (secondary N) is 1. The first-order chi connectivity index (χ1) is 9.29. The molecule has 1 aromatic heterocycles. The predicted octanol–water partition coefficient (Wildman–Crippen LogP) is 4.00. The van der Waals surface area contributed by atoms with Crippen molar-refractivity contribution in [1.29, 1.82) is 0 Å². The smallest absolute Gasteiger partial charge is 0.0485 e. The number of aromatic nitrogens is 1. The summed E-state index contributed by atoms with van der Waals surface area (Å²) in [6.07, 6.45) is 5.50. The van der Waals surface area contributed by atoms with Gasteiger partial charge in [0, 0.05) is 35.7 Å². The molecule has 0 saturated heterocycles. The van der Waals surface area contributed by atoms with E-state index in [9.17, 15) is 0 Å². The lowest BCUT2D eigenvalue weighted by atomic mass is 10.1. The molecule has 2 nitrogen and oxygen atoms in total. The monoisotopic (exact) mass is 256 g/mol. The van der Waals surface area contributed by atoms with Crippen LogP contribution in [0.15, 0.2) is 24.3 Å². The Morgan fingerprint density at radius 3 is 2.79 bits per heavy atom. The van der Waals surface area contributed by atoms with Crippen LogP contribution in [0.1, 0.15) is 43.9 Å². The molecule has 0 spiro atoms. The minimum atomic E-state index is 0.740. The molecule has 1 fully saturated rings. The average Bonchev–Trinajstić information content (AvgIpc) is 3.03. The Balaban J connectivity index is 1.87. The number of aryl methyl sites for hydroxylation is 2. The standard InChI is InChI=1S/C17H24N2/c1-3-19-15(12-18-14-8-4-5-9-14)11-16-13(2)7-6-10-17(16)19/h6-7,10-11,14,18H,3-5,8-9,12H2,1-2H3. The van der Waals surface area contributed by atoms with Gasteiger partial charge in [-0.1, -0.05) is 25.0 Å². The lowest BCUT2D eigenvalue weighted by Gasteiger charge is -2.13. The van der Waals surface area contributed by atoms with E-state index >= 15 is 0 Å². The summed E-state index contributed by atoms with van der Waals surface area (Å²) in [5.74, 6) is 0. The molecule has 1 aliphatic rings. The zero-order valence-electron chi connectivity index (χ0n) is 12.1. The topological polar surface area (TPSA) is 17.0 Å². The van der Waals surface area contributed by atoms with Gasteiger partial charge in [-0.15, -0.1) is 0 Å². The average molecular weight is 256 g/mol. The molecule has 0 amide bonds. The van der Waals surface area contributed by atoms with Gasteiger partial charge in [0.05, 0.1) is 0 Å². The molecule has 0 aliphatic heterocycles.